The Morgan fingerprint density at radius 3 is 2.57 bits per heavy atom. The van der Waals surface area contributed by atoms with Gasteiger partial charge in [-0.05, 0) is 69.3 Å². The maximum absolute atomic E-state index is 3.63. The molecule has 0 spiro atoms. The van der Waals surface area contributed by atoms with Gasteiger partial charge >= 0.3 is 0 Å². The molecule has 14 heavy (non-hydrogen) atoms. The monoisotopic (exact) mass is 337 g/mol. The van der Waals surface area contributed by atoms with Crippen molar-refractivity contribution in [2.24, 2.45) is 5.92 Å². The first-order chi connectivity index (χ1) is 6.72. The van der Waals surface area contributed by atoms with Gasteiger partial charge in [-0.15, -0.1) is 11.3 Å². The Bertz CT molecular complexity index is 320. The van der Waals surface area contributed by atoms with Crippen LogP contribution in [-0.2, 0) is 0 Å². The van der Waals surface area contributed by atoms with E-state index in [9.17, 15) is 0 Å². The molecule has 4 heteroatoms. The summed E-state index contributed by atoms with van der Waals surface area (Å²) >= 11 is 8.92. The lowest BCUT2D eigenvalue weighted by molar-refractivity contribution is 0.239. The fraction of sp³-hybridized carbons (Fsp3) is 0.600. The van der Waals surface area contributed by atoms with Crippen LogP contribution in [-0.4, -0.2) is 7.05 Å². The molecule has 0 saturated heterocycles. The number of thiophene rings is 1. The summed E-state index contributed by atoms with van der Waals surface area (Å²) in [7, 11) is 2.06. The summed E-state index contributed by atoms with van der Waals surface area (Å²) in [5.74, 6) is 0.831. The smallest absolute Gasteiger partial charge is 0.0758 e. The van der Waals surface area contributed by atoms with Crippen molar-refractivity contribution in [3.8, 4) is 0 Å². The van der Waals surface area contributed by atoms with E-state index < -0.39 is 0 Å². The lowest BCUT2D eigenvalue weighted by Crippen LogP contribution is -2.29. The number of hydrogen-bond donors (Lipinski definition) is 1. The normalized spacial score (nSPS) is 19.4. The molecular weight excluding hydrogens is 326 g/mol. The van der Waals surface area contributed by atoms with Crippen LogP contribution in [0.4, 0.5) is 0 Å². The van der Waals surface area contributed by atoms with Crippen molar-refractivity contribution in [3.63, 3.8) is 0 Å². The minimum atomic E-state index is 0.528. The van der Waals surface area contributed by atoms with Crippen molar-refractivity contribution >= 4 is 43.2 Å². The molecular formula is C10H13Br2NS. The quantitative estimate of drug-likeness (QED) is 0.864. The Morgan fingerprint density at radius 2 is 2.21 bits per heavy atom. The highest BCUT2D eigenvalue weighted by molar-refractivity contribution is 9.12. The van der Waals surface area contributed by atoms with Crippen LogP contribution in [0.1, 0.15) is 30.9 Å². The van der Waals surface area contributed by atoms with Gasteiger partial charge in [0.2, 0.25) is 0 Å². The predicted molar refractivity (Wildman–Crippen MR) is 68.9 cm³/mol. The third-order valence-electron chi connectivity index (χ3n) is 2.95. The lowest BCUT2D eigenvalue weighted by Gasteiger charge is -2.33. The Hall–Kier alpha value is 0.620. The topological polar surface area (TPSA) is 12.0 Å². The van der Waals surface area contributed by atoms with Gasteiger partial charge in [-0.1, -0.05) is 6.42 Å². The van der Waals surface area contributed by atoms with E-state index in [1.165, 1.54) is 32.4 Å². The second-order valence-corrected chi connectivity index (χ2v) is 7.49. The molecule has 0 aromatic carbocycles. The maximum Gasteiger partial charge on any atom is 0.0758 e. The van der Waals surface area contributed by atoms with Gasteiger partial charge in [-0.3, -0.25) is 0 Å². The van der Waals surface area contributed by atoms with Gasteiger partial charge in [0, 0.05) is 6.04 Å². The molecule has 1 heterocycles. The summed E-state index contributed by atoms with van der Waals surface area (Å²) in [6, 6.07) is 2.76. The van der Waals surface area contributed by atoms with Crippen LogP contribution < -0.4 is 5.32 Å². The SMILES string of the molecule is CNC(c1cc(Br)sc1Br)C1CCC1. The molecule has 1 aliphatic carbocycles. The molecule has 0 amide bonds. The molecule has 1 aromatic heterocycles. The van der Waals surface area contributed by atoms with E-state index in [0.29, 0.717) is 6.04 Å². The first kappa shape index (κ1) is 11.1. The van der Waals surface area contributed by atoms with Crippen LogP contribution in [0.5, 0.6) is 0 Å². The van der Waals surface area contributed by atoms with Crippen molar-refractivity contribution in [2.45, 2.75) is 25.3 Å². The van der Waals surface area contributed by atoms with Gasteiger partial charge < -0.3 is 5.32 Å². The molecule has 1 unspecified atom stereocenters. The van der Waals surface area contributed by atoms with Crippen LogP contribution in [0.2, 0.25) is 0 Å². The third kappa shape index (κ3) is 2.08. The first-order valence-electron chi connectivity index (χ1n) is 4.84. The molecule has 1 saturated carbocycles. The van der Waals surface area contributed by atoms with E-state index in [2.05, 4.69) is 50.3 Å². The van der Waals surface area contributed by atoms with Gasteiger partial charge in [0.25, 0.3) is 0 Å². The standard InChI is InChI=1S/C10H13Br2NS/c1-13-9(6-3-2-4-6)7-5-8(11)14-10(7)12/h5-6,9,13H,2-4H2,1H3. The molecule has 0 bridgehead atoms. The summed E-state index contributed by atoms with van der Waals surface area (Å²) < 4.78 is 2.47. The van der Waals surface area contributed by atoms with Gasteiger partial charge in [0.05, 0.1) is 7.57 Å². The number of nitrogens with one attached hydrogen (secondary N) is 1. The molecule has 1 aliphatic rings. The average Bonchev–Trinajstić information content (AvgIpc) is 2.37. The lowest BCUT2D eigenvalue weighted by atomic mass is 9.78. The Morgan fingerprint density at radius 1 is 1.50 bits per heavy atom. The Labute approximate surface area is 106 Å². The zero-order valence-electron chi connectivity index (χ0n) is 8.02. The van der Waals surface area contributed by atoms with E-state index in [1.54, 1.807) is 11.3 Å². The molecule has 0 radical (unpaired) electrons. The highest BCUT2D eigenvalue weighted by atomic mass is 79.9. The minimum absolute atomic E-state index is 0.528. The van der Waals surface area contributed by atoms with Crippen molar-refractivity contribution < 1.29 is 0 Å². The van der Waals surface area contributed by atoms with Crippen LogP contribution in [0.15, 0.2) is 13.6 Å². The highest BCUT2D eigenvalue weighted by Gasteiger charge is 2.29. The van der Waals surface area contributed by atoms with E-state index in [0.717, 1.165) is 5.92 Å². The first-order valence-corrected chi connectivity index (χ1v) is 7.24. The summed E-state index contributed by atoms with van der Waals surface area (Å²) in [5.41, 5.74) is 1.41. The van der Waals surface area contributed by atoms with Gasteiger partial charge in [-0.25, -0.2) is 0 Å². The van der Waals surface area contributed by atoms with E-state index >= 15 is 0 Å². The number of rotatable bonds is 3. The molecule has 2 rings (SSSR count). The van der Waals surface area contributed by atoms with Crippen LogP contribution in [0, 0.1) is 5.92 Å². The molecule has 78 valence electrons. The highest BCUT2D eigenvalue weighted by Crippen LogP contribution is 2.43. The summed E-state index contributed by atoms with van der Waals surface area (Å²) in [6.07, 6.45) is 4.13. The van der Waals surface area contributed by atoms with Crippen molar-refractivity contribution in [2.75, 3.05) is 7.05 Å². The van der Waals surface area contributed by atoms with Gasteiger partial charge in [-0.2, -0.15) is 0 Å². The van der Waals surface area contributed by atoms with E-state index in [-0.39, 0.29) is 0 Å². The largest absolute Gasteiger partial charge is 0.313 e. The summed E-state index contributed by atoms with van der Waals surface area (Å²) in [5, 5.41) is 3.43. The van der Waals surface area contributed by atoms with Crippen molar-refractivity contribution in [1.29, 1.82) is 0 Å². The van der Waals surface area contributed by atoms with Crippen LogP contribution in [0.25, 0.3) is 0 Å². The zero-order valence-corrected chi connectivity index (χ0v) is 12.0. The van der Waals surface area contributed by atoms with Crippen LogP contribution >= 0.6 is 43.2 Å². The summed E-state index contributed by atoms with van der Waals surface area (Å²) in [4.78, 5) is 0. The second kappa shape index (κ2) is 4.64. The van der Waals surface area contributed by atoms with Gasteiger partial charge in [0.1, 0.15) is 0 Å². The van der Waals surface area contributed by atoms with Gasteiger partial charge in [0.15, 0.2) is 0 Å². The average molecular weight is 339 g/mol. The maximum atomic E-state index is 3.63. The summed E-state index contributed by atoms with van der Waals surface area (Å²) in [6.45, 7) is 0. The number of hydrogen-bond acceptors (Lipinski definition) is 2. The number of halogens is 2. The molecule has 1 aromatic rings. The van der Waals surface area contributed by atoms with E-state index in [1.807, 2.05) is 0 Å². The molecule has 1 N–H and O–H groups in total. The Balaban J connectivity index is 2.21. The third-order valence-corrected chi connectivity index (χ3v) is 5.34. The second-order valence-electron chi connectivity index (χ2n) is 3.74. The molecule has 1 fully saturated rings. The van der Waals surface area contributed by atoms with Crippen molar-refractivity contribution in [1.82, 2.24) is 5.32 Å². The van der Waals surface area contributed by atoms with E-state index in [4.69, 9.17) is 0 Å². The molecule has 0 aliphatic heterocycles. The minimum Gasteiger partial charge on any atom is -0.313 e. The van der Waals surface area contributed by atoms with Crippen molar-refractivity contribution in [3.05, 3.63) is 19.2 Å². The zero-order chi connectivity index (χ0) is 10.1. The Kier molecular flexibility index (Phi) is 3.68. The molecule has 1 atom stereocenters. The fourth-order valence-corrected chi connectivity index (χ4v) is 4.91. The van der Waals surface area contributed by atoms with Crippen LogP contribution in [0.3, 0.4) is 0 Å². The fourth-order valence-electron chi connectivity index (χ4n) is 1.98. The molecule has 1 nitrogen and oxygen atoms in total. The predicted octanol–water partition coefficient (Wildman–Crippen LogP) is 4.33.